The molecule has 0 bridgehead atoms. The Morgan fingerprint density at radius 1 is 1.30 bits per heavy atom. The van der Waals surface area contributed by atoms with Crippen molar-refractivity contribution >= 4 is 23.5 Å². The van der Waals surface area contributed by atoms with Crippen molar-refractivity contribution in [3.63, 3.8) is 0 Å². The molecule has 0 saturated carbocycles. The molecule has 8 heteroatoms. The quantitative estimate of drug-likeness (QED) is 0.867. The molecule has 140 valence electrons. The Bertz CT molecular complexity index is 927. The summed E-state index contributed by atoms with van der Waals surface area (Å²) in [6, 6.07) is 8.30. The van der Waals surface area contributed by atoms with Gasteiger partial charge >= 0.3 is 0 Å². The van der Waals surface area contributed by atoms with Crippen molar-refractivity contribution in [2.75, 3.05) is 12.4 Å². The number of hydrogen-bond acceptors (Lipinski definition) is 5. The SMILES string of the molecule is CN1C(=O)C(C)(C)C(c2cc(NC(=O)c3ccccn3)ccc2F)N=C1N. The maximum absolute atomic E-state index is 14.5. The summed E-state index contributed by atoms with van der Waals surface area (Å²) >= 11 is 0. The summed E-state index contributed by atoms with van der Waals surface area (Å²) in [5, 5.41) is 2.68. The van der Waals surface area contributed by atoms with Crippen LogP contribution in [0.3, 0.4) is 0 Å². The van der Waals surface area contributed by atoms with Crippen molar-refractivity contribution < 1.29 is 14.0 Å². The van der Waals surface area contributed by atoms with Gasteiger partial charge in [0.05, 0.1) is 11.5 Å². The Labute approximate surface area is 156 Å². The van der Waals surface area contributed by atoms with Crippen molar-refractivity contribution in [3.8, 4) is 0 Å². The van der Waals surface area contributed by atoms with Crippen LogP contribution in [0.15, 0.2) is 47.6 Å². The van der Waals surface area contributed by atoms with Gasteiger partial charge in [-0.15, -0.1) is 0 Å². The number of anilines is 1. The predicted molar refractivity (Wildman–Crippen MR) is 99.5 cm³/mol. The van der Waals surface area contributed by atoms with Crippen molar-refractivity contribution in [2.24, 2.45) is 16.1 Å². The molecule has 0 saturated heterocycles. The fourth-order valence-electron chi connectivity index (χ4n) is 3.02. The molecule has 1 aliphatic heterocycles. The van der Waals surface area contributed by atoms with E-state index in [-0.39, 0.29) is 23.1 Å². The van der Waals surface area contributed by atoms with Gasteiger partial charge in [0, 0.05) is 24.5 Å². The normalized spacial score (nSPS) is 18.8. The van der Waals surface area contributed by atoms with Crippen LogP contribution in [-0.4, -0.2) is 34.7 Å². The summed E-state index contributed by atoms with van der Waals surface area (Å²) in [6.07, 6.45) is 1.51. The fourth-order valence-corrected chi connectivity index (χ4v) is 3.02. The maximum atomic E-state index is 14.5. The molecule has 0 fully saturated rings. The first kappa shape index (κ1) is 18.5. The minimum absolute atomic E-state index is 0.0200. The number of carbonyl (C=O) groups excluding carboxylic acids is 2. The summed E-state index contributed by atoms with van der Waals surface area (Å²) in [4.78, 5) is 34.4. The van der Waals surface area contributed by atoms with Crippen LogP contribution < -0.4 is 11.1 Å². The largest absolute Gasteiger partial charge is 0.369 e. The highest BCUT2D eigenvalue weighted by atomic mass is 19.1. The van der Waals surface area contributed by atoms with E-state index in [1.54, 1.807) is 32.0 Å². The maximum Gasteiger partial charge on any atom is 0.274 e. The van der Waals surface area contributed by atoms with E-state index in [9.17, 15) is 14.0 Å². The molecule has 2 amide bonds. The molecule has 1 unspecified atom stereocenters. The van der Waals surface area contributed by atoms with Gasteiger partial charge in [-0.3, -0.25) is 19.5 Å². The van der Waals surface area contributed by atoms with Crippen LogP contribution in [0.1, 0.15) is 35.9 Å². The minimum Gasteiger partial charge on any atom is -0.369 e. The van der Waals surface area contributed by atoms with Gasteiger partial charge in [-0.2, -0.15) is 0 Å². The van der Waals surface area contributed by atoms with E-state index in [0.717, 1.165) is 0 Å². The molecule has 0 spiro atoms. The van der Waals surface area contributed by atoms with Gasteiger partial charge in [0.25, 0.3) is 5.91 Å². The van der Waals surface area contributed by atoms with Crippen LogP contribution in [-0.2, 0) is 4.79 Å². The minimum atomic E-state index is -0.998. The number of benzene rings is 1. The van der Waals surface area contributed by atoms with E-state index in [1.165, 1.54) is 36.3 Å². The second-order valence-corrected chi connectivity index (χ2v) is 6.88. The number of guanidine groups is 1. The van der Waals surface area contributed by atoms with Crippen molar-refractivity contribution in [1.82, 2.24) is 9.88 Å². The van der Waals surface area contributed by atoms with E-state index in [1.807, 2.05) is 0 Å². The summed E-state index contributed by atoms with van der Waals surface area (Å²) in [7, 11) is 1.53. The number of pyridine rings is 1. The molecule has 0 aliphatic carbocycles. The van der Waals surface area contributed by atoms with Gasteiger partial charge in [-0.1, -0.05) is 6.07 Å². The lowest BCUT2D eigenvalue weighted by Crippen LogP contribution is -2.51. The molecule has 1 aromatic heterocycles. The van der Waals surface area contributed by atoms with Crippen LogP contribution in [0.5, 0.6) is 0 Å². The van der Waals surface area contributed by atoms with E-state index in [4.69, 9.17) is 5.73 Å². The number of halogens is 1. The molecule has 27 heavy (non-hydrogen) atoms. The highest BCUT2D eigenvalue weighted by Crippen LogP contribution is 2.42. The Morgan fingerprint density at radius 3 is 2.70 bits per heavy atom. The molecule has 0 radical (unpaired) electrons. The Balaban J connectivity index is 1.96. The number of nitrogens with one attached hydrogen (secondary N) is 1. The molecule has 1 aromatic carbocycles. The Morgan fingerprint density at radius 2 is 2.04 bits per heavy atom. The molecule has 1 aliphatic rings. The summed E-state index contributed by atoms with van der Waals surface area (Å²) in [5.74, 6) is -1.19. The van der Waals surface area contributed by atoms with Gasteiger partial charge in [-0.25, -0.2) is 9.38 Å². The molecular formula is C19H20FN5O2. The van der Waals surface area contributed by atoms with E-state index in [0.29, 0.717) is 5.69 Å². The third kappa shape index (κ3) is 3.38. The molecule has 2 heterocycles. The number of amides is 2. The van der Waals surface area contributed by atoms with Gasteiger partial charge in [0.15, 0.2) is 5.96 Å². The molecule has 2 aromatic rings. The number of carbonyl (C=O) groups is 2. The van der Waals surface area contributed by atoms with Gasteiger partial charge in [0.1, 0.15) is 11.5 Å². The van der Waals surface area contributed by atoms with Crippen molar-refractivity contribution in [2.45, 2.75) is 19.9 Å². The van der Waals surface area contributed by atoms with Crippen molar-refractivity contribution in [1.29, 1.82) is 0 Å². The first-order valence-corrected chi connectivity index (χ1v) is 8.35. The average molecular weight is 369 g/mol. The van der Waals surface area contributed by atoms with E-state index in [2.05, 4.69) is 15.3 Å². The third-order valence-corrected chi connectivity index (χ3v) is 4.59. The smallest absolute Gasteiger partial charge is 0.274 e. The van der Waals surface area contributed by atoms with Gasteiger partial charge in [-0.05, 0) is 44.2 Å². The number of hydrogen-bond donors (Lipinski definition) is 2. The predicted octanol–water partition coefficient (Wildman–Crippen LogP) is 2.33. The highest BCUT2D eigenvalue weighted by Gasteiger charge is 2.45. The number of rotatable bonds is 3. The van der Waals surface area contributed by atoms with Crippen LogP contribution in [0.4, 0.5) is 10.1 Å². The summed E-state index contributed by atoms with van der Waals surface area (Å²) in [6.45, 7) is 3.37. The lowest BCUT2D eigenvalue weighted by molar-refractivity contribution is -0.137. The number of aromatic nitrogens is 1. The molecule has 3 rings (SSSR count). The molecule has 3 N–H and O–H groups in total. The van der Waals surface area contributed by atoms with E-state index < -0.39 is 23.2 Å². The van der Waals surface area contributed by atoms with Gasteiger partial charge < -0.3 is 11.1 Å². The van der Waals surface area contributed by atoms with Crippen LogP contribution in [0, 0.1) is 11.2 Å². The Hall–Kier alpha value is -3.29. The zero-order valence-electron chi connectivity index (χ0n) is 15.2. The topological polar surface area (TPSA) is 101 Å². The molecule has 7 nitrogen and oxygen atoms in total. The summed E-state index contributed by atoms with van der Waals surface area (Å²) < 4.78 is 14.5. The standard InChI is InChI=1S/C19H20FN5O2/c1-19(2)15(24-18(21)25(3)17(19)27)12-10-11(7-8-13(12)20)23-16(26)14-6-4-5-9-22-14/h4-10,15H,1-3H3,(H2,21,24)(H,23,26). The second-order valence-electron chi connectivity index (χ2n) is 6.88. The number of nitrogens with zero attached hydrogens (tertiary/aromatic N) is 3. The van der Waals surface area contributed by atoms with Crippen LogP contribution >= 0.6 is 0 Å². The van der Waals surface area contributed by atoms with Gasteiger partial charge in [0.2, 0.25) is 5.91 Å². The van der Waals surface area contributed by atoms with E-state index >= 15 is 0 Å². The number of aliphatic imine (C=N–C) groups is 1. The molecule has 1 atom stereocenters. The zero-order chi connectivity index (χ0) is 19.8. The Kier molecular flexibility index (Phi) is 4.65. The first-order chi connectivity index (χ1) is 12.7. The third-order valence-electron chi connectivity index (χ3n) is 4.59. The molecular weight excluding hydrogens is 349 g/mol. The lowest BCUT2D eigenvalue weighted by atomic mass is 9.78. The fraction of sp³-hybridized carbons (Fsp3) is 0.263. The monoisotopic (exact) mass is 369 g/mol. The zero-order valence-corrected chi connectivity index (χ0v) is 15.2. The van der Waals surface area contributed by atoms with Crippen molar-refractivity contribution in [3.05, 3.63) is 59.7 Å². The van der Waals surface area contributed by atoms with Crippen LogP contribution in [0.2, 0.25) is 0 Å². The van der Waals surface area contributed by atoms with Crippen LogP contribution in [0.25, 0.3) is 0 Å². The number of nitrogens with two attached hydrogens (primary N) is 1. The second kappa shape index (κ2) is 6.79. The highest BCUT2D eigenvalue weighted by molar-refractivity contribution is 6.03. The first-order valence-electron chi connectivity index (χ1n) is 8.35. The summed E-state index contributed by atoms with van der Waals surface area (Å²) in [5.41, 5.74) is 5.61. The lowest BCUT2D eigenvalue weighted by Gasteiger charge is -2.38. The average Bonchev–Trinajstić information content (AvgIpc) is 2.66.